The molecule has 4 bridgehead atoms. The summed E-state index contributed by atoms with van der Waals surface area (Å²) in [6.07, 6.45) is 8.05. The van der Waals surface area contributed by atoms with Crippen molar-refractivity contribution >= 4 is 27.5 Å². The second kappa shape index (κ2) is 9.55. The number of sulfonamides is 1. The zero-order valence-corrected chi connectivity index (χ0v) is 21.9. The first-order valence-electron chi connectivity index (χ1n) is 13.6. The highest BCUT2D eigenvalue weighted by atomic mass is 32.2. The number of para-hydroxylation sites is 1. The molecule has 5 fully saturated rings. The van der Waals surface area contributed by atoms with Gasteiger partial charge in [-0.05, 0) is 93.4 Å². The van der Waals surface area contributed by atoms with E-state index < -0.39 is 10.0 Å². The average Bonchev–Trinajstić information content (AvgIpc) is 2.88. The number of carbonyl (C=O) groups is 2. The Balaban J connectivity index is 1.10. The molecule has 0 unspecified atom stereocenters. The van der Waals surface area contributed by atoms with Gasteiger partial charge < -0.3 is 10.6 Å². The Bertz CT molecular complexity index is 1250. The van der Waals surface area contributed by atoms with E-state index in [4.69, 9.17) is 0 Å². The number of piperidine rings is 1. The van der Waals surface area contributed by atoms with Crippen molar-refractivity contribution in [1.29, 1.82) is 0 Å². The molecule has 7 nitrogen and oxygen atoms in total. The summed E-state index contributed by atoms with van der Waals surface area (Å²) >= 11 is 0. The van der Waals surface area contributed by atoms with Crippen molar-refractivity contribution in [3.05, 3.63) is 60.2 Å². The van der Waals surface area contributed by atoms with Gasteiger partial charge in [0.15, 0.2) is 0 Å². The van der Waals surface area contributed by atoms with E-state index in [9.17, 15) is 18.0 Å². The smallest absolute Gasteiger partial charge is 0.253 e. The second-order valence-electron chi connectivity index (χ2n) is 11.7. The maximum atomic E-state index is 13.5. The highest BCUT2D eigenvalue weighted by Gasteiger charge is 2.51. The molecule has 0 aromatic heterocycles. The van der Waals surface area contributed by atoms with Gasteiger partial charge in [0, 0.05) is 24.5 Å². The van der Waals surface area contributed by atoms with Crippen LogP contribution in [-0.4, -0.2) is 43.2 Å². The van der Waals surface area contributed by atoms with Gasteiger partial charge >= 0.3 is 0 Å². The predicted molar refractivity (Wildman–Crippen MR) is 141 cm³/mol. The Morgan fingerprint density at radius 1 is 0.811 bits per heavy atom. The minimum Gasteiger partial charge on any atom is -0.347 e. The van der Waals surface area contributed by atoms with Crippen LogP contribution in [0, 0.1) is 23.7 Å². The highest BCUT2D eigenvalue weighted by molar-refractivity contribution is 7.89. The molecule has 8 heteroatoms. The van der Waals surface area contributed by atoms with Crippen LogP contribution in [0.5, 0.6) is 0 Å². The Hall–Kier alpha value is -2.71. The van der Waals surface area contributed by atoms with E-state index in [-0.39, 0.29) is 28.2 Å². The molecule has 1 saturated heterocycles. The van der Waals surface area contributed by atoms with E-state index in [2.05, 4.69) is 10.6 Å². The number of amides is 2. The van der Waals surface area contributed by atoms with E-state index >= 15 is 0 Å². The third-order valence-corrected chi connectivity index (χ3v) is 11.0. The lowest BCUT2D eigenvalue weighted by Gasteiger charge is -2.56. The lowest BCUT2D eigenvalue weighted by atomic mass is 9.53. The lowest BCUT2D eigenvalue weighted by molar-refractivity contribution is -0.120. The van der Waals surface area contributed by atoms with Crippen LogP contribution in [0.2, 0.25) is 0 Å². The lowest BCUT2D eigenvalue weighted by Crippen LogP contribution is -2.59. The van der Waals surface area contributed by atoms with Gasteiger partial charge in [0.05, 0.1) is 16.1 Å². The molecule has 1 heterocycles. The molecule has 2 amide bonds. The van der Waals surface area contributed by atoms with Crippen LogP contribution < -0.4 is 10.6 Å². The molecule has 0 spiro atoms. The van der Waals surface area contributed by atoms with Crippen molar-refractivity contribution in [3.63, 3.8) is 0 Å². The summed E-state index contributed by atoms with van der Waals surface area (Å²) in [5, 5.41) is 6.40. The zero-order chi connectivity index (χ0) is 25.6. The molecule has 1 aliphatic heterocycles. The number of hydrogen-bond acceptors (Lipinski definition) is 4. The molecule has 5 aliphatic rings. The van der Waals surface area contributed by atoms with Gasteiger partial charge in [-0.25, -0.2) is 8.42 Å². The molecule has 196 valence electrons. The van der Waals surface area contributed by atoms with E-state index in [0.717, 1.165) is 37.0 Å². The van der Waals surface area contributed by atoms with Crippen LogP contribution in [0.15, 0.2) is 59.5 Å². The first-order chi connectivity index (χ1) is 17.8. The SMILES string of the molecule is O=C(NC12CC3CC(CC(C3)C1)C2)c1ccccc1NC(=O)C1CCN(S(=O)(=O)c2ccccc2)CC1. The van der Waals surface area contributed by atoms with E-state index in [0.29, 0.717) is 37.2 Å². The molecule has 2 aromatic rings. The summed E-state index contributed by atoms with van der Waals surface area (Å²) in [5.74, 6) is 1.63. The number of hydrogen-bond donors (Lipinski definition) is 2. The van der Waals surface area contributed by atoms with Crippen molar-refractivity contribution in [3.8, 4) is 0 Å². The maximum absolute atomic E-state index is 13.5. The Labute approximate surface area is 219 Å². The Morgan fingerprint density at radius 2 is 1.38 bits per heavy atom. The fourth-order valence-corrected chi connectivity index (χ4v) is 9.19. The van der Waals surface area contributed by atoms with E-state index in [1.807, 2.05) is 12.1 Å². The standard InChI is InChI=1S/C29H35N3O4S/c33-27(23-10-12-32(13-11-23)37(35,36)24-6-2-1-3-7-24)30-26-9-5-4-8-25(26)28(34)31-29-17-20-14-21(18-29)16-22(15-20)19-29/h1-9,20-23H,10-19H2,(H,30,33)(H,31,34). The van der Waals surface area contributed by atoms with Gasteiger partial charge in [-0.2, -0.15) is 4.31 Å². The first kappa shape index (κ1) is 24.6. The summed E-state index contributed by atoms with van der Waals surface area (Å²) in [6, 6.07) is 15.6. The van der Waals surface area contributed by atoms with Crippen molar-refractivity contribution in [2.45, 2.75) is 61.8 Å². The van der Waals surface area contributed by atoms with E-state index in [1.165, 1.54) is 23.6 Å². The van der Waals surface area contributed by atoms with Crippen molar-refractivity contribution in [2.24, 2.45) is 23.7 Å². The third kappa shape index (κ3) is 4.81. The molecule has 4 saturated carbocycles. The summed E-state index contributed by atoms with van der Waals surface area (Å²) in [7, 11) is -3.56. The largest absolute Gasteiger partial charge is 0.347 e. The Morgan fingerprint density at radius 3 is 2.00 bits per heavy atom. The predicted octanol–water partition coefficient (Wildman–Crippen LogP) is 4.42. The quantitative estimate of drug-likeness (QED) is 0.588. The van der Waals surface area contributed by atoms with Crippen LogP contribution in [0.4, 0.5) is 5.69 Å². The normalized spacial score (nSPS) is 29.7. The zero-order valence-electron chi connectivity index (χ0n) is 21.1. The van der Waals surface area contributed by atoms with Gasteiger partial charge in [0.25, 0.3) is 5.91 Å². The number of benzene rings is 2. The minimum absolute atomic E-state index is 0.0972. The van der Waals surface area contributed by atoms with Gasteiger partial charge in [0.1, 0.15) is 0 Å². The van der Waals surface area contributed by atoms with Gasteiger partial charge in [-0.3, -0.25) is 9.59 Å². The summed E-state index contributed by atoms with van der Waals surface area (Å²) < 4.78 is 27.3. The second-order valence-corrected chi connectivity index (χ2v) is 13.6. The number of rotatable bonds is 6. The number of carbonyl (C=O) groups excluding carboxylic acids is 2. The molecule has 4 aliphatic carbocycles. The van der Waals surface area contributed by atoms with Crippen molar-refractivity contribution in [2.75, 3.05) is 18.4 Å². The number of nitrogens with one attached hydrogen (secondary N) is 2. The fraction of sp³-hybridized carbons (Fsp3) is 0.517. The molecule has 7 rings (SSSR count). The molecule has 0 atom stereocenters. The molecule has 0 radical (unpaired) electrons. The highest BCUT2D eigenvalue weighted by Crippen LogP contribution is 2.55. The van der Waals surface area contributed by atoms with Crippen LogP contribution >= 0.6 is 0 Å². The molecule has 2 aromatic carbocycles. The van der Waals surface area contributed by atoms with Crippen molar-refractivity contribution < 1.29 is 18.0 Å². The van der Waals surface area contributed by atoms with Crippen molar-refractivity contribution in [1.82, 2.24) is 9.62 Å². The van der Waals surface area contributed by atoms with Gasteiger partial charge in [-0.1, -0.05) is 30.3 Å². The average molecular weight is 522 g/mol. The molecule has 2 N–H and O–H groups in total. The Kier molecular flexibility index (Phi) is 6.35. The number of nitrogens with zero attached hydrogens (tertiary/aromatic N) is 1. The van der Waals surface area contributed by atoms with Crippen LogP contribution in [-0.2, 0) is 14.8 Å². The minimum atomic E-state index is -3.56. The monoisotopic (exact) mass is 521 g/mol. The van der Waals surface area contributed by atoms with Crippen LogP contribution in [0.3, 0.4) is 0 Å². The van der Waals surface area contributed by atoms with Gasteiger partial charge in [-0.15, -0.1) is 0 Å². The first-order valence-corrected chi connectivity index (χ1v) is 15.0. The summed E-state index contributed by atoms with van der Waals surface area (Å²) in [6.45, 7) is 0.590. The number of anilines is 1. The molecule has 37 heavy (non-hydrogen) atoms. The summed E-state index contributed by atoms with van der Waals surface area (Å²) in [5.41, 5.74) is 0.921. The topological polar surface area (TPSA) is 95.6 Å². The van der Waals surface area contributed by atoms with Gasteiger partial charge in [0.2, 0.25) is 15.9 Å². The summed E-state index contributed by atoms with van der Waals surface area (Å²) in [4.78, 5) is 26.9. The van der Waals surface area contributed by atoms with Crippen LogP contribution in [0.25, 0.3) is 0 Å². The molecular formula is C29H35N3O4S. The van der Waals surface area contributed by atoms with Crippen LogP contribution in [0.1, 0.15) is 61.7 Å². The third-order valence-electron chi connectivity index (χ3n) is 9.05. The van der Waals surface area contributed by atoms with E-state index in [1.54, 1.807) is 42.5 Å². The fourth-order valence-electron chi connectivity index (χ4n) is 7.70. The maximum Gasteiger partial charge on any atom is 0.253 e. The molecular weight excluding hydrogens is 486 g/mol.